The molecule has 1 aliphatic rings. The number of nitrogens with zero attached hydrogens (tertiary/aromatic N) is 2. The molecule has 0 aromatic heterocycles. The molecule has 0 bridgehead atoms. The summed E-state index contributed by atoms with van der Waals surface area (Å²) in [6.07, 6.45) is 3.41. The van der Waals surface area contributed by atoms with Crippen LogP contribution in [0.2, 0.25) is 0 Å². The SMILES string of the molecule is COCc1ccccc1NC(N)=NCc1ccc(C(=O)N2CCCCC2)cc1.I. The van der Waals surface area contributed by atoms with Crippen molar-refractivity contribution in [3.63, 3.8) is 0 Å². The highest BCUT2D eigenvalue weighted by Gasteiger charge is 2.17. The van der Waals surface area contributed by atoms with Gasteiger partial charge in [0, 0.05) is 37.0 Å². The third kappa shape index (κ3) is 6.71. The minimum absolute atomic E-state index is 0. The van der Waals surface area contributed by atoms with Crippen LogP contribution in [0.15, 0.2) is 53.5 Å². The smallest absolute Gasteiger partial charge is 0.253 e. The molecule has 7 heteroatoms. The Labute approximate surface area is 189 Å². The number of carbonyl (C=O) groups is 1. The number of hydrogen-bond acceptors (Lipinski definition) is 3. The lowest BCUT2D eigenvalue weighted by Gasteiger charge is -2.26. The van der Waals surface area contributed by atoms with Crippen molar-refractivity contribution in [2.45, 2.75) is 32.4 Å². The second kappa shape index (κ2) is 11.8. The lowest BCUT2D eigenvalue weighted by Crippen LogP contribution is -2.35. The molecule has 0 aliphatic carbocycles. The minimum atomic E-state index is 0. The van der Waals surface area contributed by atoms with Gasteiger partial charge in [0.25, 0.3) is 5.91 Å². The minimum Gasteiger partial charge on any atom is -0.380 e. The zero-order chi connectivity index (χ0) is 19.8. The number of amides is 1. The van der Waals surface area contributed by atoms with E-state index in [1.807, 2.05) is 53.4 Å². The van der Waals surface area contributed by atoms with E-state index in [1.54, 1.807) is 7.11 Å². The van der Waals surface area contributed by atoms with Crippen molar-refractivity contribution < 1.29 is 9.53 Å². The zero-order valence-corrected chi connectivity index (χ0v) is 19.1. The molecule has 1 aliphatic heterocycles. The molecule has 0 spiro atoms. The van der Waals surface area contributed by atoms with Gasteiger partial charge in [0.15, 0.2) is 5.96 Å². The highest BCUT2D eigenvalue weighted by atomic mass is 127. The number of rotatable bonds is 6. The van der Waals surface area contributed by atoms with E-state index < -0.39 is 0 Å². The molecule has 156 valence electrons. The molecule has 1 fully saturated rings. The topological polar surface area (TPSA) is 80.0 Å². The highest BCUT2D eigenvalue weighted by Crippen LogP contribution is 2.16. The summed E-state index contributed by atoms with van der Waals surface area (Å²) in [6, 6.07) is 15.4. The quantitative estimate of drug-likeness (QED) is 0.351. The number of nitrogens with one attached hydrogen (secondary N) is 1. The molecule has 0 unspecified atom stereocenters. The number of para-hydroxylation sites is 1. The van der Waals surface area contributed by atoms with E-state index in [0.717, 1.165) is 48.3 Å². The van der Waals surface area contributed by atoms with E-state index in [4.69, 9.17) is 10.5 Å². The number of likely N-dealkylation sites (tertiary alicyclic amines) is 1. The number of methoxy groups -OCH3 is 1. The molecule has 2 aromatic carbocycles. The number of benzene rings is 2. The van der Waals surface area contributed by atoms with Crippen molar-refractivity contribution >= 4 is 41.5 Å². The van der Waals surface area contributed by atoms with Gasteiger partial charge in [0.05, 0.1) is 13.2 Å². The molecule has 1 saturated heterocycles. The first-order chi connectivity index (χ1) is 13.7. The van der Waals surface area contributed by atoms with Gasteiger partial charge in [-0.25, -0.2) is 4.99 Å². The highest BCUT2D eigenvalue weighted by molar-refractivity contribution is 14.0. The second-order valence-corrected chi connectivity index (χ2v) is 6.97. The van der Waals surface area contributed by atoms with Crippen molar-refractivity contribution in [3.05, 3.63) is 65.2 Å². The average Bonchev–Trinajstić information content (AvgIpc) is 2.74. The van der Waals surface area contributed by atoms with Crippen molar-refractivity contribution in [1.82, 2.24) is 4.90 Å². The monoisotopic (exact) mass is 508 g/mol. The maximum absolute atomic E-state index is 12.5. The fraction of sp³-hybridized carbons (Fsp3) is 0.364. The van der Waals surface area contributed by atoms with Crippen molar-refractivity contribution in [1.29, 1.82) is 0 Å². The normalized spacial score (nSPS) is 14.2. The van der Waals surface area contributed by atoms with Crippen molar-refractivity contribution in [2.24, 2.45) is 10.7 Å². The van der Waals surface area contributed by atoms with Crippen LogP contribution in [0, 0.1) is 0 Å². The summed E-state index contributed by atoms with van der Waals surface area (Å²) in [7, 11) is 1.66. The number of anilines is 1. The fourth-order valence-electron chi connectivity index (χ4n) is 3.31. The van der Waals surface area contributed by atoms with Crippen LogP contribution in [-0.2, 0) is 17.9 Å². The lowest BCUT2D eigenvalue weighted by atomic mass is 10.1. The summed E-state index contributed by atoms with van der Waals surface area (Å²) >= 11 is 0. The maximum atomic E-state index is 12.5. The standard InChI is InChI=1S/C22H28N4O2.HI/c1-28-16-19-7-3-4-8-20(19)25-22(23)24-15-17-9-11-18(12-10-17)21(27)26-13-5-2-6-14-26;/h3-4,7-12H,2,5-6,13-16H2,1H3,(H3,23,24,25);1H. The number of hydrogen-bond donors (Lipinski definition) is 2. The Hall–Kier alpha value is -2.13. The molecule has 0 saturated carbocycles. The summed E-state index contributed by atoms with van der Waals surface area (Å²) < 4.78 is 5.20. The molecule has 3 N–H and O–H groups in total. The summed E-state index contributed by atoms with van der Waals surface area (Å²) in [5.74, 6) is 0.461. The Bertz CT molecular complexity index is 818. The molecular weight excluding hydrogens is 479 g/mol. The van der Waals surface area contributed by atoms with Gasteiger partial charge in [0.1, 0.15) is 0 Å². The summed E-state index contributed by atoms with van der Waals surface area (Å²) in [5.41, 5.74) is 9.67. The third-order valence-electron chi connectivity index (χ3n) is 4.86. The van der Waals surface area contributed by atoms with Crippen LogP contribution in [0.1, 0.15) is 40.7 Å². The Morgan fingerprint density at radius 3 is 2.48 bits per heavy atom. The van der Waals surface area contributed by atoms with E-state index in [-0.39, 0.29) is 29.9 Å². The van der Waals surface area contributed by atoms with Gasteiger partial charge in [-0.3, -0.25) is 4.79 Å². The Morgan fingerprint density at radius 2 is 1.79 bits per heavy atom. The molecule has 2 aromatic rings. The number of ether oxygens (including phenoxy) is 1. The number of halogens is 1. The van der Waals surface area contributed by atoms with Gasteiger partial charge in [0.2, 0.25) is 0 Å². The molecule has 29 heavy (non-hydrogen) atoms. The van der Waals surface area contributed by atoms with Crippen LogP contribution in [-0.4, -0.2) is 37.0 Å². The Morgan fingerprint density at radius 1 is 1.10 bits per heavy atom. The van der Waals surface area contributed by atoms with Crippen LogP contribution in [0.5, 0.6) is 0 Å². The lowest BCUT2D eigenvalue weighted by molar-refractivity contribution is 0.0724. The summed E-state index contributed by atoms with van der Waals surface area (Å²) in [4.78, 5) is 18.9. The van der Waals surface area contributed by atoms with Gasteiger partial charge in [-0.2, -0.15) is 0 Å². The summed E-state index contributed by atoms with van der Waals surface area (Å²) in [5, 5.41) is 3.13. The van der Waals surface area contributed by atoms with E-state index in [9.17, 15) is 4.79 Å². The predicted molar refractivity (Wildman–Crippen MR) is 128 cm³/mol. The van der Waals surface area contributed by atoms with Crippen LogP contribution < -0.4 is 11.1 Å². The molecule has 0 radical (unpaired) electrons. The first-order valence-electron chi connectivity index (χ1n) is 9.69. The molecule has 6 nitrogen and oxygen atoms in total. The summed E-state index contributed by atoms with van der Waals surface area (Å²) in [6.45, 7) is 2.67. The number of piperidine rings is 1. The number of nitrogens with two attached hydrogens (primary N) is 1. The van der Waals surface area contributed by atoms with Crippen molar-refractivity contribution in [2.75, 3.05) is 25.5 Å². The zero-order valence-electron chi connectivity index (χ0n) is 16.8. The Balaban J connectivity index is 0.00000300. The maximum Gasteiger partial charge on any atom is 0.253 e. The first-order valence-corrected chi connectivity index (χ1v) is 9.69. The van der Waals surface area contributed by atoms with Gasteiger partial charge in [-0.1, -0.05) is 30.3 Å². The fourth-order valence-corrected chi connectivity index (χ4v) is 3.31. The number of carbonyl (C=O) groups excluding carboxylic acids is 1. The van der Waals surface area contributed by atoms with Gasteiger partial charge in [-0.15, -0.1) is 24.0 Å². The molecule has 1 heterocycles. The van der Waals surface area contributed by atoms with E-state index in [0.29, 0.717) is 19.1 Å². The van der Waals surface area contributed by atoms with E-state index >= 15 is 0 Å². The average molecular weight is 508 g/mol. The van der Waals surface area contributed by atoms with Gasteiger partial charge >= 0.3 is 0 Å². The van der Waals surface area contributed by atoms with Gasteiger partial charge in [-0.05, 0) is 43.0 Å². The van der Waals surface area contributed by atoms with Crippen LogP contribution in [0.25, 0.3) is 0 Å². The Kier molecular flexibility index (Phi) is 9.40. The number of guanidine groups is 1. The molecule has 0 atom stereocenters. The van der Waals surface area contributed by atoms with E-state index in [1.165, 1.54) is 6.42 Å². The molecule has 3 rings (SSSR count). The van der Waals surface area contributed by atoms with Crippen LogP contribution >= 0.6 is 24.0 Å². The van der Waals surface area contributed by atoms with Crippen LogP contribution in [0.3, 0.4) is 0 Å². The largest absolute Gasteiger partial charge is 0.380 e. The molecular formula is C22H29IN4O2. The van der Waals surface area contributed by atoms with Crippen LogP contribution in [0.4, 0.5) is 5.69 Å². The third-order valence-corrected chi connectivity index (χ3v) is 4.86. The number of aliphatic imine (C=N–C) groups is 1. The van der Waals surface area contributed by atoms with E-state index in [2.05, 4.69) is 10.3 Å². The first kappa shape index (κ1) is 23.2. The van der Waals surface area contributed by atoms with Gasteiger partial charge < -0.3 is 20.7 Å². The van der Waals surface area contributed by atoms with Crippen molar-refractivity contribution in [3.8, 4) is 0 Å². The second-order valence-electron chi connectivity index (χ2n) is 6.97. The predicted octanol–water partition coefficient (Wildman–Crippen LogP) is 4.00. The molecule has 1 amide bonds.